The molecule has 106 valence electrons. The number of hydrogen-bond donors (Lipinski definition) is 1. The summed E-state index contributed by atoms with van der Waals surface area (Å²) in [5.41, 5.74) is 0.299. The van der Waals surface area contributed by atoms with Crippen molar-refractivity contribution in [2.45, 2.75) is 51.7 Å². The highest BCUT2D eigenvalue weighted by Gasteiger charge is 2.42. The molecule has 1 aliphatic heterocycles. The number of rotatable bonds is 4. The molecule has 5 heteroatoms. The van der Waals surface area contributed by atoms with Gasteiger partial charge in [-0.2, -0.15) is 5.10 Å². The van der Waals surface area contributed by atoms with Gasteiger partial charge in [0.05, 0.1) is 6.54 Å². The van der Waals surface area contributed by atoms with Gasteiger partial charge in [-0.1, -0.05) is 0 Å². The quantitative estimate of drug-likeness (QED) is 0.888. The number of nitrogens with one attached hydrogen (secondary N) is 1. The van der Waals surface area contributed by atoms with Gasteiger partial charge in [-0.15, -0.1) is 0 Å². The lowest BCUT2D eigenvalue weighted by atomic mass is 9.95. The molecule has 2 heterocycles. The smallest absolute Gasteiger partial charge is 0.140 e. The minimum absolute atomic E-state index is 0.299. The van der Waals surface area contributed by atoms with Crippen LogP contribution in [0, 0.1) is 5.92 Å². The zero-order valence-electron chi connectivity index (χ0n) is 12.1. The highest BCUT2D eigenvalue weighted by molar-refractivity contribution is 5.01. The minimum atomic E-state index is 0.299. The van der Waals surface area contributed by atoms with Gasteiger partial charge in [0.25, 0.3) is 0 Å². The highest BCUT2D eigenvalue weighted by Crippen LogP contribution is 2.40. The van der Waals surface area contributed by atoms with Crippen molar-refractivity contribution < 1.29 is 0 Å². The van der Waals surface area contributed by atoms with Crippen LogP contribution in [-0.4, -0.2) is 44.8 Å². The Morgan fingerprint density at radius 2 is 2.32 bits per heavy atom. The first-order chi connectivity index (χ1) is 9.21. The van der Waals surface area contributed by atoms with Crippen LogP contribution in [0.3, 0.4) is 0 Å². The summed E-state index contributed by atoms with van der Waals surface area (Å²) in [4.78, 5) is 6.96. The molecule has 1 unspecified atom stereocenters. The van der Waals surface area contributed by atoms with Crippen LogP contribution in [0.1, 0.15) is 38.9 Å². The second kappa shape index (κ2) is 5.21. The average Bonchev–Trinajstić information content (AvgIpc) is 3.18. The minimum Gasteiger partial charge on any atom is -0.310 e. The average molecular weight is 263 g/mol. The van der Waals surface area contributed by atoms with Crippen LogP contribution in [0.5, 0.6) is 0 Å². The summed E-state index contributed by atoms with van der Waals surface area (Å²) in [6.45, 7) is 9.78. The van der Waals surface area contributed by atoms with Crippen LogP contribution in [0.25, 0.3) is 0 Å². The van der Waals surface area contributed by atoms with E-state index < -0.39 is 0 Å². The molecule has 2 aliphatic rings. The second-order valence-electron chi connectivity index (χ2n) is 6.17. The number of nitrogens with zero attached hydrogens (tertiary/aromatic N) is 4. The Balaban J connectivity index is 1.69. The van der Waals surface area contributed by atoms with E-state index in [0.717, 1.165) is 44.5 Å². The molecule has 1 aliphatic carbocycles. The van der Waals surface area contributed by atoms with E-state index in [1.807, 2.05) is 4.68 Å². The normalized spacial score (nSPS) is 29.4. The summed E-state index contributed by atoms with van der Waals surface area (Å²) in [5.74, 6) is 1.97. The van der Waals surface area contributed by atoms with Crippen LogP contribution in [-0.2, 0) is 13.1 Å². The fourth-order valence-corrected chi connectivity index (χ4v) is 3.28. The molecule has 5 nitrogen and oxygen atoms in total. The Labute approximate surface area is 115 Å². The monoisotopic (exact) mass is 263 g/mol. The number of aromatic nitrogens is 3. The molecule has 1 saturated heterocycles. The van der Waals surface area contributed by atoms with Gasteiger partial charge in [0.15, 0.2) is 0 Å². The number of hydrogen-bond acceptors (Lipinski definition) is 4. The van der Waals surface area contributed by atoms with Gasteiger partial charge in [-0.05, 0) is 52.1 Å². The maximum Gasteiger partial charge on any atom is 0.140 e. The Hall–Kier alpha value is -0.940. The summed E-state index contributed by atoms with van der Waals surface area (Å²) in [6.07, 6.45) is 5.68. The Kier molecular flexibility index (Phi) is 3.58. The Morgan fingerprint density at radius 3 is 3.05 bits per heavy atom. The molecule has 19 heavy (non-hydrogen) atoms. The molecule has 1 aromatic heterocycles. The summed E-state index contributed by atoms with van der Waals surface area (Å²) < 4.78 is 2.01. The van der Waals surface area contributed by atoms with Crippen molar-refractivity contribution in [3.05, 3.63) is 12.2 Å². The van der Waals surface area contributed by atoms with Crippen molar-refractivity contribution in [3.8, 4) is 0 Å². The van der Waals surface area contributed by atoms with E-state index in [9.17, 15) is 0 Å². The first-order valence-electron chi connectivity index (χ1n) is 7.55. The molecule has 0 bridgehead atoms. The van der Waals surface area contributed by atoms with E-state index in [1.54, 1.807) is 6.33 Å². The maximum absolute atomic E-state index is 4.41. The van der Waals surface area contributed by atoms with E-state index in [2.05, 4.69) is 34.1 Å². The molecule has 1 N–H and O–H groups in total. The van der Waals surface area contributed by atoms with Crippen LogP contribution in [0.15, 0.2) is 6.33 Å². The second-order valence-corrected chi connectivity index (χ2v) is 6.17. The first-order valence-corrected chi connectivity index (χ1v) is 7.55. The van der Waals surface area contributed by atoms with Crippen molar-refractivity contribution in [2.75, 3.05) is 19.6 Å². The van der Waals surface area contributed by atoms with Crippen LogP contribution in [0.2, 0.25) is 0 Å². The van der Waals surface area contributed by atoms with E-state index in [-0.39, 0.29) is 0 Å². The maximum atomic E-state index is 4.41. The van der Waals surface area contributed by atoms with E-state index in [1.165, 1.54) is 19.3 Å². The molecule has 1 saturated carbocycles. The zero-order chi connectivity index (χ0) is 13.3. The van der Waals surface area contributed by atoms with Crippen molar-refractivity contribution in [2.24, 2.45) is 5.92 Å². The lowest BCUT2D eigenvalue weighted by molar-refractivity contribution is 0.189. The van der Waals surface area contributed by atoms with Crippen molar-refractivity contribution in [1.29, 1.82) is 0 Å². The SMILES string of the molecule is CCn1ncnc1CN1CCCNC(C)(C2CC2)C1. The fraction of sp³-hybridized carbons (Fsp3) is 0.857. The topological polar surface area (TPSA) is 46.0 Å². The third-order valence-corrected chi connectivity index (χ3v) is 4.57. The highest BCUT2D eigenvalue weighted by atomic mass is 15.3. The van der Waals surface area contributed by atoms with Crippen molar-refractivity contribution in [3.63, 3.8) is 0 Å². The van der Waals surface area contributed by atoms with Crippen LogP contribution >= 0.6 is 0 Å². The summed E-state index contributed by atoms with van der Waals surface area (Å²) in [6, 6.07) is 0. The number of aryl methyl sites for hydroxylation is 1. The van der Waals surface area contributed by atoms with Gasteiger partial charge in [0.2, 0.25) is 0 Å². The predicted molar refractivity (Wildman–Crippen MR) is 74.7 cm³/mol. The van der Waals surface area contributed by atoms with Gasteiger partial charge in [-0.25, -0.2) is 9.67 Å². The predicted octanol–water partition coefficient (Wildman–Crippen LogP) is 1.26. The van der Waals surface area contributed by atoms with E-state index in [0.29, 0.717) is 5.54 Å². The molecular formula is C14H25N5. The van der Waals surface area contributed by atoms with Crippen LogP contribution in [0.4, 0.5) is 0 Å². The van der Waals surface area contributed by atoms with Crippen molar-refractivity contribution in [1.82, 2.24) is 25.0 Å². The first kappa shape index (κ1) is 13.1. The van der Waals surface area contributed by atoms with Gasteiger partial charge < -0.3 is 5.32 Å². The molecule has 0 radical (unpaired) electrons. The molecule has 1 aromatic rings. The van der Waals surface area contributed by atoms with E-state index >= 15 is 0 Å². The van der Waals surface area contributed by atoms with Gasteiger partial charge >= 0.3 is 0 Å². The molecular weight excluding hydrogens is 238 g/mol. The van der Waals surface area contributed by atoms with Gasteiger partial charge in [0.1, 0.15) is 12.2 Å². The van der Waals surface area contributed by atoms with Gasteiger partial charge in [0, 0.05) is 18.6 Å². The molecule has 1 atom stereocenters. The lowest BCUT2D eigenvalue weighted by Gasteiger charge is -2.33. The summed E-state index contributed by atoms with van der Waals surface area (Å²) >= 11 is 0. The fourth-order valence-electron chi connectivity index (χ4n) is 3.28. The van der Waals surface area contributed by atoms with Gasteiger partial charge in [-0.3, -0.25) is 4.90 Å². The molecule has 0 spiro atoms. The molecule has 0 aromatic carbocycles. The molecule has 3 rings (SSSR count). The van der Waals surface area contributed by atoms with E-state index in [4.69, 9.17) is 0 Å². The molecule has 0 amide bonds. The third kappa shape index (κ3) is 2.82. The largest absolute Gasteiger partial charge is 0.310 e. The third-order valence-electron chi connectivity index (χ3n) is 4.57. The zero-order valence-corrected chi connectivity index (χ0v) is 12.1. The molecule has 2 fully saturated rings. The van der Waals surface area contributed by atoms with Crippen LogP contribution < -0.4 is 5.32 Å². The summed E-state index contributed by atoms with van der Waals surface area (Å²) in [5, 5.41) is 8.04. The van der Waals surface area contributed by atoms with Crippen molar-refractivity contribution >= 4 is 0 Å². The standard InChI is InChI=1S/C14H25N5/c1-3-19-13(15-11-17-19)9-18-8-4-7-16-14(2,10-18)12-5-6-12/h11-12,16H,3-10H2,1-2H3. The Morgan fingerprint density at radius 1 is 1.47 bits per heavy atom. The Bertz CT molecular complexity index is 425. The lowest BCUT2D eigenvalue weighted by Crippen LogP contribution is -2.50. The summed E-state index contributed by atoms with van der Waals surface area (Å²) in [7, 11) is 0.